The molecule has 1 aliphatic carbocycles. The van der Waals surface area contributed by atoms with Gasteiger partial charge in [0.25, 0.3) is 0 Å². The van der Waals surface area contributed by atoms with Crippen LogP contribution < -0.4 is 5.32 Å². The number of nitrogens with zero attached hydrogens (tertiary/aromatic N) is 2. The predicted molar refractivity (Wildman–Crippen MR) is 91.0 cm³/mol. The van der Waals surface area contributed by atoms with Crippen LogP contribution in [-0.2, 0) is 17.8 Å². The molecule has 5 heteroatoms. The Balaban J connectivity index is 1.69. The van der Waals surface area contributed by atoms with Gasteiger partial charge in [-0.2, -0.15) is 0 Å². The number of anilines is 1. The SMILES string of the molecule is CC(C)=C[C@H]1[C@H](C(=O)Nc2nc3c(s2)CN(C)CC3)C1(C)C. The largest absolute Gasteiger partial charge is 0.302 e. The molecule has 0 unspecified atom stereocenters. The highest BCUT2D eigenvalue weighted by Gasteiger charge is 2.60. The van der Waals surface area contributed by atoms with Gasteiger partial charge in [-0.05, 0) is 32.2 Å². The molecule has 1 amide bonds. The molecule has 1 N–H and O–H groups in total. The molecule has 2 aliphatic rings. The van der Waals surface area contributed by atoms with E-state index in [1.165, 1.54) is 10.5 Å². The van der Waals surface area contributed by atoms with Crippen molar-refractivity contribution in [3.8, 4) is 0 Å². The highest BCUT2D eigenvalue weighted by molar-refractivity contribution is 7.15. The van der Waals surface area contributed by atoms with Crippen LogP contribution in [0.1, 0.15) is 38.3 Å². The molecule has 0 radical (unpaired) electrons. The van der Waals surface area contributed by atoms with Crippen molar-refractivity contribution in [2.75, 3.05) is 18.9 Å². The molecule has 0 spiro atoms. The number of fused-ring (bicyclic) bond motifs is 1. The molecule has 3 rings (SSSR count). The Morgan fingerprint density at radius 3 is 2.86 bits per heavy atom. The fourth-order valence-corrected chi connectivity index (χ4v) is 4.50. The van der Waals surface area contributed by atoms with Crippen molar-refractivity contribution in [3.05, 3.63) is 22.2 Å². The van der Waals surface area contributed by atoms with E-state index in [1.54, 1.807) is 11.3 Å². The monoisotopic (exact) mass is 319 g/mol. The first-order valence-electron chi connectivity index (χ1n) is 7.92. The molecule has 22 heavy (non-hydrogen) atoms. The molecule has 1 aromatic heterocycles. The summed E-state index contributed by atoms with van der Waals surface area (Å²) in [4.78, 5) is 20.8. The Hall–Kier alpha value is -1.20. The summed E-state index contributed by atoms with van der Waals surface area (Å²) in [6, 6.07) is 0. The van der Waals surface area contributed by atoms with Crippen molar-refractivity contribution in [1.29, 1.82) is 0 Å². The van der Waals surface area contributed by atoms with Crippen LogP contribution in [0.5, 0.6) is 0 Å². The van der Waals surface area contributed by atoms with Gasteiger partial charge in [-0.3, -0.25) is 4.79 Å². The van der Waals surface area contributed by atoms with Crippen molar-refractivity contribution in [3.63, 3.8) is 0 Å². The summed E-state index contributed by atoms with van der Waals surface area (Å²) in [5.74, 6) is 0.524. The first-order chi connectivity index (χ1) is 10.3. The lowest BCUT2D eigenvalue weighted by Crippen LogP contribution is -2.25. The van der Waals surface area contributed by atoms with Gasteiger partial charge in [0.2, 0.25) is 5.91 Å². The third-order valence-corrected chi connectivity index (χ3v) is 5.86. The molecular weight excluding hydrogens is 294 g/mol. The molecule has 2 heterocycles. The van der Waals surface area contributed by atoms with E-state index in [9.17, 15) is 4.79 Å². The summed E-state index contributed by atoms with van der Waals surface area (Å²) in [5, 5.41) is 3.82. The van der Waals surface area contributed by atoms with Crippen LogP contribution in [0.25, 0.3) is 0 Å². The van der Waals surface area contributed by atoms with Crippen LogP contribution in [-0.4, -0.2) is 29.4 Å². The van der Waals surface area contributed by atoms with Crippen molar-refractivity contribution in [2.24, 2.45) is 17.3 Å². The fourth-order valence-electron chi connectivity index (χ4n) is 3.41. The van der Waals surface area contributed by atoms with Crippen molar-refractivity contribution in [1.82, 2.24) is 9.88 Å². The summed E-state index contributed by atoms with van der Waals surface area (Å²) >= 11 is 1.63. The van der Waals surface area contributed by atoms with E-state index in [0.29, 0.717) is 5.92 Å². The van der Waals surface area contributed by atoms with Crippen molar-refractivity contribution in [2.45, 2.75) is 40.7 Å². The second-order valence-electron chi connectivity index (χ2n) is 7.43. The Kier molecular flexibility index (Phi) is 3.89. The van der Waals surface area contributed by atoms with E-state index in [1.807, 2.05) is 0 Å². The quantitative estimate of drug-likeness (QED) is 0.869. The Labute approximate surface area is 136 Å². The molecule has 0 aromatic carbocycles. The smallest absolute Gasteiger partial charge is 0.230 e. The number of rotatable bonds is 3. The number of carbonyl (C=O) groups is 1. The van der Waals surface area contributed by atoms with Gasteiger partial charge in [-0.25, -0.2) is 4.98 Å². The third kappa shape index (κ3) is 2.84. The molecule has 1 fully saturated rings. The number of hydrogen-bond donors (Lipinski definition) is 1. The summed E-state index contributed by atoms with van der Waals surface area (Å²) in [5.41, 5.74) is 2.49. The molecule has 0 bridgehead atoms. The van der Waals surface area contributed by atoms with Gasteiger partial charge in [-0.15, -0.1) is 11.3 Å². The number of aromatic nitrogens is 1. The van der Waals surface area contributed by atoms with Crippen LogP contribution in [0, 0.1) is 17.3 Å². The van der Waals surface area contributed by atoms with Gasteiger partial charge in [0.05, 0.1) is 11.6 Å². The lowest BCUT2D eigenvalue weighted by atomic mass is 10.1. The average Bonchev–Trinajstić information content (AvgIpc) is 2.76. The van der Waals surface area contributed by atoms with Crippen molar-refractivity contribution < 1.29 is 4.79 Å². The standard InChI is InChI=1S/C17H25N3OS/c1-10(2)8-11-14(17(11,3)4)15(21)19-16-18-12-6-7-20(5)9-13(12)22-16/h8,11,14H,6-7,9H2,1-5H3,(H,18,19,21)/t11-,14+/m0/s1. The van der Waals surface area contributed by atoms with Crippen LogP contribution >= 0.6 is 11.3 Å². The molecule has 2 atom stereocenters. The third-order valence-electron chi connectivity index (χ3n) is 4.86. The maximum Gasteiger partial charge on any atom is 0.230 e. The summed E-state index contributed by atoms with van der Waals surface area (Å²) in [7, 11) is 2.12. The summed E-state index contributed by atoms with van der Waals surface area (Å²) in [6.45, 7) is 10.5. The fraction of sp³-hybridized carbons (Fsp3) is 0.647. The van der Waals surface area contributed by atoms with E-state index >= 15 is 0 Å². The Bertz CT molecular complexity index is 628. The minimum absolute atomic E-state index is 0.0540. The van der Waals surface area contributed by atoms with E-state index in [2.05, 4.69) is 56.0 Å². The number of hydrogen-bond acceptors (Lipinski definition) is 4. The first-order valence-corrected chi connectivity index (χ1v) is 8.73. The molecule has 1 aliphatic heterocycles. The molecule has 1 saturated carbocycles. The van der Waals surface area contributed by atoms with Gasteiger partial charge in [-0.1, -0.05) is 25.5 Å². The lowest BCUT2D eigenvalue weighted by molar-refractivity contribution is -0.118. The van der Waals surface area contributed by atoms with Crippen LogP contribution in [0.15, 0.2) is 11.6 Å². The normalized spacial score (nSPS) is 26.2. The highest BCUT2D eigenvalue weighted by atomic mass is 32.1. The second kappa shape index (κ2) is 5.46. The lowest BCUT2D eigenvalue weighted by Gasteiger charge is -2.20. The van der Waals surface area contributed by atoms with Gasteiger partial charge < -0.3 is 10.2 Å². The minimum Gasteiger partial charge on any atom is -0.302 e. The minimum atomic E-state index is 0.0540. The number of amides is 1. The van der Waals surface area contributed by atoms with Crippen LogP contribution in [0.2, 0.25) is 0 Å². The molecule has 120 valence electrons. The predicted octanol–water partition coefficient (Wildman–Crippen LogP) is 3.31. The molecular formula is C17H25N3OS. The van der Waals surface area contributed by atoms with Gasteiger partial charge in [0, 0.05) is 24.4 Å². The Morgan fingerprint density at radius 2 is 2.18 bits per heavy atom. The number of thiazole rings is 1. The van der Waals surface area contributed by atoms with Gasteiger partial charge >= 0.3 is 0 Å². The number of allylic oxidation sites excluding steroid dienone is 2. The van der Waals surface area contributed by atoms with E-state index in [4.69, 9.17) is 0 Å². The Morgan fingerprint density at radius 1 is 1.45 bits per heavy atom. The first kappa shape index (κ1) is 15.7. The second-order valence-corrected chi connectivity index (χ2v) is 8.52. The molecule has 4 nitrogen and oxygen atoms in total. The average molecular weight is 319 g/mol. The maximum absolute atomic E-state index is 12.6. The highest BCUT2D eigenvalue weighted by Crippen LogP contribution is 2.59. The van der Waals surface area contributed by atoms with E-state index in [0.717, 1.165) is 30.3 Å². The number of nitrogens with one attached hydrogen (secondary N) is 1. The maximum atomic E-state index is 12.6. The summed E-state index contributed by atoms with van der Waals surface area (Å²) in [6.07, 6.45) is 3.21. The van der Waals surface area contributed by atoms with E-state index < -0.39 is 0 Å². The van der Waals surface area contributed by atoms with E-state index in [-0.39, 0.29) is 17.2 Å². The van der Waals surface area contributed by atoms with Gasteiger partial charge in [0.1, 0.15) is 0 Å². The molecule has 0 saturated heterocycles. The van der Waals surface area contributed by atoms with Crippen molar-refractivity contribution >= 4 is 22.4 Å². The van der Waals surface area contributed by atoms with Crippen LogP contribution in [0.3, 0.4) is 0 Å². The summed E-state index contributed by atoms with van der Waals surface area (Å²) < 4.78 is 0. The zero-order valence-electron chi connectivity index (χ0n) is 14.1. The molecule has 1 aromatic rings. The van der Waals surface area contributed by atoms with Crippen LogP contribution in [0.4, 0.5) is 5.13 Å². The topological polar surface area (TPSA) is 45.2 Å². The zero-order valence-corrected chi connectivity index (χ0v) is 14.9. The number of carbonyl (C=O) groups excluding carboxylic acids is 1. The zero-order chi connectivity index (χ0) is 16.1. The number of likely N-dealkylation sites (N-methyl/N-ethyl adjacent to an activating group) is 1. The van der Waals surface area contributed by atoms with Gasteiger partial charge in [0.15, 0.2) is 5.13 Å².